The third kappa shape index (κ3) is 3.21. The van der Waals surface area contributed by atoms with Crippen molar-refractivity contribution >= 4 is 29.6 Å². The van der Waals surface area contributed by atoms with E-state index in [1.807, 2.05) is 26.0 Å². The standard InChI is InChI=1S/C20H18N2O4/c1-12-4-9-17(13(2)10-12)22-19(24)16(18(23)21-20(22)25)11-14-5-7-15(26-3)8-6-14/h4-11H,1-3H3,(H,21,23,25)/b16-11+. The first-order valence-corrected chi connectivity index (χ1v) is 8.03. The molecule has 6 heteroatoms. The second kappa shape index (κ2) is 6.84. The van der Waals surface area contributed by atoms with Gasteiger partial charge in [0.05, 0.1) is 12.8 Å². The van der Waals surface area contributed by atoms with Crippen molar-refractivity contribution in [2.24, 2.45) is 0 Å². The van der Waals surface area contributed by atoms with Gasteiger partial charge in [-0.25, -0.2) is 9.69 Å². The molecule has 0 spiro atoms. The molecule has 3 rings (SSSR count). The summed E-state index contributed by atoms with van der Waals surface area (Å²) in [6.07, 6.45) is 1.46. The maximum Gasteiger partial charge on any atom is 0.335 e. The molecule has 1 fully saturated rings. The van der Waals surface area contributed by atoms with Gasteiger partial charge in [0.15, 0.2) is 0 Å². The molecule has 132 valence electrons. The summed E-state index contributed by atoms with van der Waals surface area (Å²) < 4.78 is 5.09. The van der Waals surface area contributed by atoms with Gasteiger partial charge in [-0.1, -0.05) is 29.8 Å². The highest BCUT2D eigenvalue weighted by Crippen LogP contribution is 2.26. The number of nitrogens with one attached hydrogen (secondary N) is 1. The Morgan fingerprint density at radius 1 is 1.00 bits per heavy atom. The number of amides is 4. The van der Waals surface area contributed by atoms with Crippen LogP contribution in [0.1, 0.15) is 16.7 Å². The highest BCUT2D eigenvalue weighted by Gasteiger charge is 2.37. The van der Waals surface area contributed by atoms with Crippen LogP contribution in [0.4, 0.5) is 10.5 Å². The van der Waals surface area contributed by atoms with Crippen LogP contribution < -0.4 is 15.0 Å². The Hall–Kier alpha value is -3.41. The van der Waals surface area contributed by atoms with Crippen molar-refractivity contribution in [2.75, 3.05) is 12.0 Å². The van der Waals surface area contributed by atoms with Crippen LogP contribution in [0.3, 0.4) is 0 Å². The second-order valence-electron chi connectivity index (χ2n) is 6.02. The molecule has 0 saturated carbocycles. The minimum Gasteiger partial charge on any atom is -0.497 e. The number of aryl methyl sites for hydroxylation is 2. The molecule has 1 N–H and O–H groups in total. The van der Waals surface area contributed by atoms with E-state index in [1.54, 1.807) is 37.4 Å². The van der Waals surface area contributed by atoms with Crippen LogP contribution in [0.5, 0.6) is 5.75 Å². The molecule has 4 amide bonds. The van der Waals surface area contributed by atoms with Gasteiger partial charge in [0.1, 0.15) is 11.3 Å². The van der Waals surface area contributed by atoms with E-state index in [2.05, 4.69) is 5.32 Å². The smallest absolute Gasteiger partial charge is 0.335 e. The monoisotopic (exact) mass is 350 g/mol. The van der Waals surface area contributed by atoms with Crippen LogP contribution in [-0.2, 0) is 9.59 Å². The quantitative estimate of drug-likeness (QED) is 0.682. The predicted octanol–water partition coefficient (Wildman–Crippen LogP) is 2.98. The average Bonchev–Trinajstić information content (AvgIpc) is 2.61. The molecule has 2 aromatic rings. The lowest BCUT2D eigenvalue weighted by Gasteiger charge is -2.27. The maximum atomic E-state index is 12.9. The molecule has 26 heavy (non-hydrogen) atoms. The molecule has 1 saturated heterocycles. The summed E-state index contributed by atoms with van der Waals surface area (Å²) in [5, 5.41) is 2.23. The van der Waals surface area contributed by atoms with E-state index in [4.69, 9.17) is 4.74 Å². The van der Waals surface area contributed by atoms with Gasteiger partial charge in [-0.05, 0) is 49.2 Å². The SMILES string of the molecule is COc1ccc(/C=C2\C(=O)NC(=O)N(c3ccc(C)cc3C)C2=O)cc1. The largest absolute Gasteiger partial charge is 0.497 e. The molecule has 1 heterocycles. The summed E-state index contributed by atoms with van der Waals surface area (Å²) in [5.41, 5.74) is 2.79. The van der Waals surface area contributed by atoms with E-state index < -0.39 is 17.8 Å². The number of barbiturate groups is 1. The minimum atomic E-state index is -0.751. The van der Waals surface area contributed by atoms with Crippen molar-refractivity contribution in [1.82, 2.24) is 5.32 Å². The normalized spacial score (nSPS) is 16.0. The number of carbonyl (C=O) groups excluding carboxylic acids is 3. The molecule has 1 aliphatic heterocycles. The number of urea groups is 1. The Labute approximate surface area is 151 Å². The summed E-state index contributed by atoms with van der Waals surface area (Å²) in [6.45, 7) is 3.74. The van der Waals surface area contributed by atoms with Gasteiger partial charge in [-0.15, -0.1) is 0 Å². The summed E-state index contributed by atoms with van der Waals surface area (Å²) >= 11 is 0. The number of anilines is 1. The molecule has 1 aliphatic rings. The Balaban J connectivity index is 2.01. The number of rotatable bonds is 3. The van der Waals surface area contributed by atoms with Crippen LogP contribution in [0.2, 0.25) is 0 Å². The van der Waals surface area contributed by atoms with Gasteiger partial charge in [0.2, 0.25) is 0 Å². The Morgan fingerprint density at radius 3 is 2.31 bits per heavy atom. The van der Waals surface area contributed by atoms with Crippen molar-refractivity contribution in [3.8, 4) is 5.75 Å². The van der Waals surface area contributed by atoms with E-state index in [0.717, 1.165) is 16.0 Å². The first kappa shape index (κ1) is 17.4. The topological polar surface area (TPSA) is 75.7 Å². The number of carbonyl (C=O) groups is 3. The predicted molar refractivity (Wildman–Crippen MR) is 97.9 cm³/mol. The third-order valence-electron chi connectivity index (χ3n) is 4.12. The number of benzene rings is 2. The van der Waals surface area contributed by atoms with Gasteiger partial charge in [-0.3, -0.25) is 14.9 Å². The molecular formula is C20H18N2O4. The summed E-state index contributed by atoms with van der Waals surface area (Å²) in [6, 6.07) is 11.5. The van der Waals surface area contributed by atoms with E-state index in [1.165, 1.54) is 6.08 Å². The number of nitrogens with zero attached hydrogens (tertiary/aromatic N) is 1. The van der Waals surface area contributed by atoms with Gasteiger partial charge in [0, 0.05) is 0 Å². The Morgan fingerprint density at radius 2 is 1.69 bits per heavy atom. The van der Waals surface area contributed by atoms with E-state index in [0.29, 0.717) is 17.0 Å². The molecule has 0 bridgehead atoms. The van der Waals surface area contributed by atoms with Crippen LogP contribution in [0.25, 0.3) is 6.08 Å². The maximum absolute atomic E-state index is 12.9. The zero-order valence-corrected chi connectivity index (χ0v) is 14.7. The van der Waals surface area contributed by atoms with Crippen molar-refractivity contribution < 1.29 is 19.1 Å². The summed E-state index contributed by atoms with van der Waals surface area (Å²) in [4.78, 5) is 38.3. The third-order valence-corrected chi connectivity index (χ3v) is 4.12. The second-order valence-corrected chi connectivity index (χ2v) is 6.02. The first-order valence-electron chi connectivity index (χ1n) is 8.03. The fourth-order valence-corrected chi connectivity index (χ4v) is 2.80. The molecule has 0 aliphatic carbocycles. The van der Waals surface area contributed by atoms with Crippen LogP contribution in [0, 0.1) is 13.8 Å². The van der Waals surface area contributed by atoms with Crippen LogP contribution in [0.15, 0.2) is 48.0 Å². The summed E-state index contributed by atoms with van der Waals surface area (Å²) in [5.74, 6) is -0.697. The van der Waals surface area contributed by atoms with Crippen molar-refractivity contribution in [3.05, 3.63) is 64.7 Å². The number of hydrogen-bond acceptors (Lipinski definition) is 4. The molecule has 0 atom stereocenters. The highest BCUT2D eigenvalue weighted by atomic mass is 16.5. The van der Waals surface area contributed by atoms with E-state index in [9.17, 15) is 14.4 Å². The molecule has 0 aromatic heterocycles. The lowest BCUT2D eigenvalue weighted by molar-refractivity contribution is -0.122. The van der Waals surface area contributed by atoms with Crippen molar-refractivity contribution in [3.63, 3.8) is 0 Å². The lowest BCUT2D eigenvalue weighted by atomic mass is 10.0. The van der Waals surface area contributed by atoms with Crippen LogP contribution in [-0.4, -0.2) is 25.0 Å². The molecular weight excluding hydrogens is 332 g/mol. The van der Waals surface area contributed by atoms with Crippen molar-refractivity contribution in [1.29, 1.82) is 0 Å². The minimum absolute atomic E-state index is 0.102. The Bertz CT molecular complexity index is 929. The van der Waals surface area contributed by atoms with Gasteiger partial charge >= 0.3 is 6.03 Å². The van der Waals surface area contributed by atoms with E-state index >= 15 is 0 Å². The van der Waals surface area contributed by atoms with Gasteiger partial charge in [-0.2, -0.15) is 0 Å². The molecule has 6 nitrogen and oxygen atoms in total. The highest BCUT2D eigenvalue weighted by molar-refractivity contribution is 6.39. The van der Waals surface area contributed by atoms with Gasteiger partial charge < -0.3 is 4.74 Å². The number of hydrogen-bond donors (Lipinski definition) is 1. The molecule has 0 radical (unpaired) electrons. The fraction of sp³-hybridized carbons (Fsp3) is 0.150. The summed E-state index contributed by atoms with van der Waals surface area (Å²) in [7, 11) is 1.55. The van der Waals surface area contributed by atoms with E-state index in [-0.39, 0.29) is 5.57 Å². The Kier molecular flexibility index (Phi) is 4.58. The zero-order chi connectivity index (χ0) is 18.8. The number of methoxy groups -OCH3 is 1. The average molecular weight is 350 g/mol. The molecule has 2 aromatic carbocycles. The fourth-order valence-electron chi connectivity index (χ4n) is 2.80. The van der Waals surface area contributed by atoms with Crippen LogP contribution >= 0.6 is 0 Å². The van der Waals surface area contributed by atoms with Gasteiger partial charge in [0.25, 0.3) is 11.8 Å². The van der Waals surface area contributed by atoms with Crippen molar-refractivity contribution in [2.45, 2.75) is 13.8 Å². The molecule has 0 unspecified atom stereocenters. The first-order chi connectivity index (χ1) is 12.4. The zero-order valence-electron chi connectivity index (χ0n) is 14.7. The lowest BCUT2D eigenvalue weighted by Crippen LogP contribution is -2.54. The number of imide groups is 2. The number of ether oxygens (including phenoxy) is 1.